The third kappa shape index (κ3) is 2.38. The van der Waals surface area contributed by atoms with Crippen LogP contribution in [0.4, 0.5) is 0 Å². The van der Waals surface area contributed by atoms with E-state index in [0.29, 0.717) is 6.04 Å². The van der Waals surface area contributed by atoms with Crippen molar-refractivity contribution in [3.63, 3.8) is 0 Å². The van der Waals surface area contributed by atoms with Gasteiger partial charge in [-0.3, -0.25) is 9.80 Å². The van der Waals surface area contributed by atoms with Crippen molar-refractivity contribution in [2.24, 2.45) is 11.7 Å². The van der Waals surface area contributed by atoms with Crippen LogP contribution in [0.1, 0.15) is 38.5 Å². The highest BCUT2D eigenvalue weighted by molar-refractivity contribution is 4.93. The first-order valence-corrected chi connectivity index (χ1v) is 7.56. The summed E-state index contributed by atoms with van der Waals surface area (Å²) in [7, 11) is 0. The molecule has 2 saturated heterocycles. The Hall–Kier alpha value is -0.120. The van der Waals surface area contributed by atoms with Crippen molar-refractivity contribution >= 4 is 0 Å². The Bertz CT molecular complexity index is 246. The van der Waals surface area contributed by atoms with Gasteiger partial charge in [0.2, 0.25) is 0 Å². The lowest BCUT2D eigenvalue weighted by Gasteiger charge is -2.39. The molecule has 0 aromatic carbocycles. The second-order valence-corrected chi connectivity index (χ2v) is 6.17. The predicted molar refractivity (Wildman–Crippen MR) is 71.0 cm³/mol. The van der Waals surface area contributed by atoms with Crippen molar-refractivity contribution in [3.05, 3.63) is 0 Å². The van der Waals surface area contributed by atoms with E-state index in [1.807, 2.05) is 0 Å². The van der Waals surface area contributed by atoms with E-state index >= 15 is 0 Å². The van der Waals surface area contributed by atoms with E-state index in [1.54, 1.807) is 0 Å². The van der Waals surface area contributed by atoms with Crippen molar-refractivity contribution < 1.29 is 0 Å². The molecule has 1 saturated carbocycles. The molecule has 3 fully saturated rings. The first-order chi connectivity index (χ1) is 8.38. The molecule has 0 radical (unpaired) electrons. The predicted octanol–water partition coefficient (Wildman–Crippen LogP) is 1.28. The molecule has 3 aliphatic rings. The van der Waals surface area contributed by atoms with Crippen molar-refractivity contribution in [2.75, 3.05) is 32.7 Å². The van der Waals surface area contributed by atoms with Gasteiger partial charge in [-0.15, -0.1) is 0 Å². The molecule has 0 amide bonds. The van der Waals surface area contributed by atoms with Gasteiger partial charge in [0.25, 0.3) is 0 Å². The monoisotopic (exact) mass is 237 g/mol. The maximum absolute atomic E-state index is 6.01. The second kappa shape index (κ2) is 5.25. The Morgan fingerprint density at radius 1 is 1.00 bits per heavy atom. The van der Waals surface area contributed by atoms with Crippen LogP contribution in [0.2, 0.25) is 0 Å². The zero-order valence-corrected chi connectivity index (χ0v) is 11.0. The van der Waals surface area contributed by atoms with Crippen LogP contribution >= 0.6 is 0 Å². The van der Waals surface area contributed by atoms with Crippen LogP contribution in [-0.2, 0) is 0 Å². The molecule has 3 heteroatoms. The average molecular weight is 237 g/mol. The first kappa shape index (κ1) is 11.9. The van der Waals surface area contributed by atoms with E-state index < -0.39 is 0 Å². The molecule has 3 rings (SSSR count). The van der Waals surface area contributed by atoms with Crippen molar-refractivity contribution in [1.82, 2.24) is 9.80 Å². The van der Waals surface area contributed by atoms with Gasteiger partial charge in [-0.1, -0.05) is 6.42 Å². The van der Waals surface area contributed by atoms with E-state index in [0.717, 1.165) is 18.5 Å². The molecule has 17 heavy (non-hydrogen) atoms. The first-order valence-electron chi connectivity index (χ1n) is 7.56. The van der Waals surface area contributed by atoms with Gasteiger partial charge in [-0.2, -0.15) is 0 Å². The van der Waals surface area contributed by atoms with E-state index in [-0.39, 0.29) is 0 Å². The van der Waals surface area contributed by atoms with E-state index in [1.165, 1.54) is 64.7 Å². The molecule has 2 heterocycles. The van der Waals surface area contributed by atoms with Gasteiger partial charge in [0.15, 0.2) is 0 Å². The van der Waals surface area contributed by atoms with Gasteiger partial charge < -0.3 is 5.73 Å². The molecule has 2 aliphatic heterocycles. The smallest absolute Gasteiger partial charge is 0.0247 e. The Morgan fingerprint density at radius 3 is 2.35 bits per heavy atom. The fourth-order valence-corrected chi connectivity index (χ4v) is 3.94. The second-order valence-electron chi connectivity index (χ2n) is 6.17. The van der Waals surface area contributed by atoms with Crippen LogP contribution in [-0.4, -0.2) is 54.6 Å². The minimum atomic E-state index is 0.691. The van der Waals surface area contributed by atoms with Crippen molar-refractivity contribution in [2.45, 2.75) is 50.6 Å². The molecular formula is C14H27N3. The Morgan fingerprint density at radius 2 is 1.76 bits per heavy atom. The summed E-state index contributed by atoms with van der Waals surface area (Å²) in [5.41, 5.74) is 6.01. The summed E-state index contributed by atoms with van der Waals surface area (Å²) in [6.07, 6.45) is 8.49. The average Bonchev–Trinajstić information content (AvgIpc) is 2.92. The molecule has 0 aromatic rings. The summed E-state index contributed by atoms with van der Waals surface area (Å²) in [5.74, 6) is 0.914. The van der Waals surface area contributed by atoms with Crippen LogP contribution in [0.25, 0.3) is 0 Å². The highest BCUT2D eigenvalue weighted by atomic mass is 15.3. The number of nitrogens with zero attached hydrogens (tertiary/aromatic N) is 2. The largest absolute Gasteiger partial charge is 0.329 e. The fourth-order valence-electron chi connectivity index (χ4n) is 3.94. The molecule has 2 N–H and O–H groups in total. The number of likely N-dealkylation sites (tertiary alicyclic amines) is 2. The lowest BCUT2D eigenvalue weighted by molar-refractivity contribution is 0.113. The van der Waals surface area contributed by atoms with Crippen LogP contribution in [0, 0.1) is 5.92 Å². The Balaban J connectivity index is 1.54. The zero-order chi connectivity index (χ0) is 11.7. The van der Waals surface area contributed by atoms with E-state index in [4.69, 9.17) is 5.73 Å². The quantitative estimate of drug-likeness (QED) is 0.799. The van der Waals surface area contributed by atoms with E-state index in [9.17, 15) is 0 Å². The van der Waals surface area contributed by atoms with Crippen molar-refractivity contribution in [1.29, 1.82) is 0 Å². The maximum Gasteiger partial charge on any atom is 0.0247 e. The molecule has 98 valence electrons. The lowest BCUT2D eigenvalue weighted by Crippen LogP contribution is -2.48. The summed E-state index contributed by atoms with van der Waals surface area (Å²) in [5, 5.41) is 0. The molecule has 2 atom stereocenters. The minimum absolute atomic E-state index is 0.691. The summed E-state index contributed by atoms with van der Waals surface area (Å²) >= 11 is 0. The van der Waals surface area contributed by atoms with Crippen LogP contribution in [0.15, 0.2) is 0 Å². The number of hydrogen-bond acceptors (Lipinski definition) is 3. The lowest BCUT2D eigenvalue weighted by atomic mass is 9.79. The normalized spacial score (nSPS) is 34.1. The summed E-state index contributed by atoms with van der Waals surface area (Å²) < 4.78 is 0. The van der Waals surface area contributed by atoms with Crippen molar-refractivity contribution in [3.8, 4) is 0 Å². The molecule has 0 bridgehead atoms. The standard InChI is InChI=1S/C14H27N3/c15-10-14(12-4-3-5-12)17-9-6-13(11-17)16-7-1-2-8-16/h12-14H,1-11,15H2. The van der Waals surface area contributed by atoms with Crippen LogP contribution < -0.4 is 5.73 Å². The van der Waals surface area contributed by atoms with Crippen LogP contribution in [0.5, 0.6) is 0 Å². The van der Waals surface area contributed by atoms with Gasteiger partial charge in [0.05, 0.1) is 0 Å². The SMILES string of the molecule is NCC(C1CCC1)N1CCC(N2CCCC2)C1. The number of hydrogen-bond donors (Lipinski definition) is 1. The third-order valence-corrected chi connectivity index (χ3v) is 5.26. The summed E-state index contributed by atoms with van der Waals surface area (Å²) in [6.45, 7) is 6.14. The third-order valence-electron chi connectivity index (χ3n) is 5.26. The minimum Gasteiger partial charge on any atom is -0.329 e. The van der Waals surface area contributed by atoms with Gasteiger partial charge in [-0.25, -0.2) is 0 Å². The Kier molecular flexibility index (Phi) is 3.69. The highest BCUT2D eigenvalue weighted by Crippen LogP contribution is 2.34. The van der Waals surface area contributed by atoms with Crippen LogP contribution in [0.3, 0.4) is 0 Å². The summed E-state index contributed by atoms with van der Waals surface area (Å²) in [4.78, 5) is 5.42. The van der Waals surface area contributed by atoms with Gasteiger partial charge in [0, 0.05) is 31.7 Å². The zero-order valence-electron chi connectivity index (χ0n) is 11.0. The number of nitrogens with two attached hydrogens (primary N) is 1. The Labute approximate surface area is 105 Å². The molecule has 0 spiro atoms. The maximum atomic E-state index is 6.01. The molecule has 2 unspecified atom stereocenters. The van der Waals surface area contributed by atoms with Gasteiger partial charge in [-0.05, 0) is 51.1 Å². The molecule has 3 nitrogen and oxygen atoms in total. The molecule has 0 aromatic heterocycles. The highest BCUT2D eigenvalue weighted by Gasteiger charge is 2.36. The molecule has 1 aliphatic carbocycles. The van der Waals surface area contributed by atoms with Gasteiger partial charge in [0.1, 0.15) is 0 Å². The number of rotatable bonds is 4. The fraction of sp³-hybridized carbons (Fsp3) is 1.00. The summed E-state index contributed by atoms with van der Waals surface area (Å²) in [6, 6.07) is 1.53. The van der Waals surface area contributed by atoms with E-state index in [2.05, 4.69) is 9.80 Å². The topological polar surface area (TPSA) is 32.5 Å². The molecular weight excluding hydrogens is 210 g/mol. The van der Waals surface area contributed by atoms with Gasteiger partial charge >= 0.3 is 0 Å².